The molecule has 6 aromatic carbocycles. The molecule has 88 heavy (non-hydrogen) atoms. The van der Waals surface area contributed by atoms with Crippen molar-refractivity contribution < 1.29 is 23.9 Å². The number of hydrogen-bond acceptors (Lipinski definition) is 17. The second-order valence-corrected chi connectivity index (χ2v) is 23.1. The monoisotopic (exact) mass is 1220 g/mol. The predicted octanol–water partition coefficient (Wildman–Crippen LogP) is 12.6. The van der Waals surface area contributed by atoms with Gasteiger partial charge in [-0.3, -0.25) is 34.5 Å². The Hall–Kier alpha value is -10.3. The maximum Gasteiger partial charge on any atom is 0.255 e. The Morgan fingerprint density at radius 3 is 1.35 bits per heavy atom. The van der Waals surface area contributed by atoms with Crippen LogP contribution in [0.25, 0.3) is 33.1 Å². The lowest BCUT2D eigenvalue weighted by molar-refractivity contribution is -0.122. The zero-order chi connectivity index (χ0) is 60.6. The van der Waals surface area contributed by atoms with Crippen LogP contribution in [0.2, 0.25) is 0 Å². The van der Waals surface area contributed by atoms with E-state index in [2.05, 4.69) is 95.6 Å². The average Bonchev–Trinajstić information content (AvgIpc) is 4.36. The van der Waals surface area contributed by atoms with Gasteiger partial charge in [-0.05, 0) is 120 Å². The van der Waals surface area contributed by atoms with E-state index in [-0.39, 0.29) is 23.6 Å². The highest BCUT2D eigenvalue weighted by Crippen LogP contribution is 2.31. The lowest BCUT2D eigenvalue weighted by Crippen LogP contribution is -2.37. The molecule has 12 aromatic rings. The summed E-state index contributed by atoms with van der Waals surface area (Å²) in [7, 11) is 0. The van der Waals surface area contributed by atoms with Crippen LogP contribution in [0.1, 0.15) is 75.6 Å². The number of aromatic amines is 3. The molecular formula is C64H56N16O5S3. The summed E-state index contributed by atoms with van der Waals surface area (Å²) in [6.45, 7) is 4.27. The van der Waals surface area contributed by atoms with Gasteiger partial charge in [0.15, 0.2) is 16.9 Å². The van der Waals surface area contributed by atoms with Gasteiger partial charge >= 0.3 is 0 Å². The van der Waals surface area contributed by atoms with Gasteiger partial charge in [0.1, 0.15) is 51.6 Å². The number of amides is 4. The maximum atomic E-state index is 12.7. The van der Waals surface area contributed by atoms with Gasteiger partial charge in [-0.2, -0.15) is 15.3 Å². The van der Waals surface area contributed by atoms with Crippen molar-refractivity contribution in [3.05, 3.63) is 223 Å². The highest BCUT2D eigenvalue weighted by molar-refractivity contribution is 7.99. The van der Waals surface area contributed by atoms with Crippen LogP contribution >= 0.6 is 35.3 Å². The van der Waals surface area contributed by atoms with Gasteiger partial charge < -0.3 is 26.0 Å². The normalized spacial score (nSPS) is 12.6. The van der Waals surface area contributed by atoms with E-state index in [0.717, 1.165) is 76.5 Å². The number of rotatable bonds is 18. The number of nitrogens with zero attached hydrogens (tertiary/aromatic N) is 9. The van der Waals surface area contributed by atoms with Crippen LogP contribution in [0, 0.1) is 0 Å². The fraction of sp³-hybridized carbons (Fsp3) is 0.141. The molecule has 1 unspecified atom stereocenters. The first-order valence-corrected chi connectivity index (χ1v) is 30.7. The fourth-order valence-corrected chi connectivity index (χ4v) is 11.7. The summed E-state index contributed by atoms with van der Waals surface area (Å²) < 4.78 is 5.78. The number of H-pyrrole nitrogens is 3. The molecule has 0 spiro atoms. The van der Waals surface area contributed by atoms with Gasteiger partial charge in [0.2, 0.25) is 11.8 Å². The highest BCUT2D eigenvalue weighted by Gasteiger charge is 2.27. The molecule has 0 radical (unpaired) electrons. The number of aromatic nitrogens is 12. The summed E-state index contributed by atoms with van der Waals surface area (Å²) in [6, 6.07) is 47.2. The summed E-state index contributed by atoms with van der Waals surface area (Å²) in [5, 5.41) is 37.3. The third kappa shape index (κ3) is 15.8. The van der Waals surface area contributed by atoms with E-state index < -0.39 is 6.04 Å². The molecule has 0 bridgehead atoms. The van der Waals surface area contributed by atoms with Crippen LogP contribution in [0.3, 0.4) is 0 Å². The molecule has 1 fully saturated rings. The molecule has 21 nitrogen and oxygen atoms in total. The molecule has 7 heterocycles. The Kier molecular flexibility index (Phi) is 19.4. The Morgan fingerprint density at radius 2 is 0.932 bits per heavy atom. The molecule has 1 atom stereocenters. The zero-order valence-electron chi connectivity index (χ0n) is 47.4. The number of hydrogen-bond donors (Lipinski definition) is 7. The van der Waals surface area contributed by atoms with Crippen LogP contribution in [0.15, 0.2) is 204 Å². The Bertz CT molecular complexity index is 4370. The Labute approximate surface area is 517 Å². The zero-order valence-corrected chi connectivity index (χ0v) is 49.8. The number of fused-ring (bicyclic) bond motifs is 3. The maximum absolute atomic E-state index is 12.7. The summed E-state index contributed by atoms with van der Waals surface area (Å²) >= 11 is 4.79. The SMILES string of the molecule is CC(C)c1ccc(C(=O)Nc2cccc(CSc3ncnc4[nH]ncc34)c2)cc1.O=C(Nc1cccc(CSc2ncnc3[nH]ncc23)c1)c1ccc(Oc2ccccc2)cc1.O=C1CCC(C(=O)Nc2cccc(CSc3ncnc4[nH]ncc34)c2)N1. The number of para-hydroxylation sites is 1. The van der Waals surface area contributed by atoms with E-state index in [0.29, 0.717) is 64.1 Å². The second-order valence-electron chi connectivity index (χ2n) is 20.2. The van der Waals surface area contributed by atoms with Gasteiger partial charge in [-0.25, -0.2) is 29.9 Å². The first kappa shape index (κ1) is 59.4. The molecule has 6 aromatic heterocycles. The van der Waals surface area contributed by atoms with Crippen LogP contribution in [0.4, 0.5) is 17.1 Å². The standard InChI is InChI=1S/C25H19N5O2S.C22H21N5OS.C17H16N6O2S/c31-24(18-9-11-21(12-10-18)32-20-7-2-1-3-8-20)29-19-6-4-5-17(13-19)15-33-25-22-14-28-30-23(22)26-16-27-25;1-14(2)16-6-8-17(9-7-16)21(28)26-18-5-3-4-15(10-18)12-29-22-19-11-25-27-20(19)23-13-24-22;24-14-5-4-13(22-14)16(25)21-11-3-1-2-10(6-11)8-26-17-12-7-20-23-15(12)18-9-19-17/h1-14,16H,15H2,(H,29,31)(H,26,27,28,30);3-11,13-14H,12H2,1-2H3,(H,26,28)(H,23,24,25,27);1-3,6-7,9,13H,4-5,8H2,(H,21,25)(H,22,24)(H,18,19,20,23). The lowest BCUT2D eigenvalue weighted by atomic mass is 10.0. The van der Waals surface area contributed by atoms with Crippen LogP contribution in [-0.4, -0.2) is 90.2 Å². The van der Waals surface area contributed by atoms with Crippen LogP contribution in [-0.2, 0) is 26.8 Å². The van der Waals surface area contributed by atoms with E-state index in [1.54, 1.807) is 78.1 Å². The lowest BCUT2D eigenvalue weighted by Gasteiger charge is -2.12. The molecule has 13 rings (SSSR count). The molecule has 440 valence electrons. The van der Waals surface area contributed by atoms with Gasteiger partial charge in [-0.1, -0.05) is 80.6 Å². The van der Waals surface area contributed by atoms with Crippen molar-refractivity contribution in [1.29, 1.82) is 0 Å². The second kappa shape index (κ2) is 28.7. The smallest absolute Gasteiger partial charge is 0.255 e. The quantitative estimate of drug-likeness (QED) is 0.0310. The van der Waals surface area contributed by atoms with Crippen molar-refractivity contribution in [3.63, 3.8) is 0 Å². The predicted molar refractivity (Wildman–Crippen MR) is 342 cm³/mol. The van der Waals surface area contributed by atoms with Crippen molar-refractivity contribution in [2.75, 3.05) is 16.0 Å². The number of carbonyl (C=O) groups is 4. The number of carbonyl (C=O) groups excluding carboxylic acids is 4. The Morgan fingerprint density at radius 1 is 0.511 bits per heavy atom. The van der Waals surface area contributed by atoms with Gasteiger partial charge in [0.05, 0.1) is 34.7 Å². The summed E-state index contributed by atoms with van der Waals surface area (Å²) in [5.74, 6) is 3.44. The van der Waals surface area contributed by atoms with Gasteiger partial charge in [0, 0.05) is 51.9 Å². The first-order chi connectivity index (χ1) is 43.0. The van der Waals surface area contributed by atoms with E-state index in [1.807, 2.05) is 127 Å². The number of nitrogens with one attached hydrogen (secondary N) is 7. The summed E-state index contributed by atoms with van der Waals surface area (Å²) in [5.41, 5.74) is 10.0. The molecular weight excluding hydrogens is 1170 g/mol. The summed E-state index contributed by atoms with van der Waals surface area (Å²) in [4.78, 5) is 74.2. The van der Waals surface area contributed by atoms with E-state index in [1.165, 1.54) is 24.5 Å². The molecule has 4 amide bonds. The molecule has 24 heteroatoms. The minimum Gasteiger partial charge on any atom is -0.457 e. The largest absolute Gasteiger partial charge is 0.457 e. The minimum absolute atomic E-state index is 0.0780. The molecule has 7 N–H and O–H groups in total. The number of thioether (sulfide) groups is 3. The number of anilines is 3. The topological polar surface area (TPSA) is 289 Å². The average molecular weight is 1230 g/mol. The first-order valence-electron chi connectivity index (χ1n) is 27.8. The number of ether oxygens (including phenoxy) is 1. The van der Waals surface area contributed by atoms with Crippen LogP contribution in [0.5, 0.6) is 11.5 Å². The van der Waals surface area contributed by atoms with E-state index in [9.17, 15) is 19.2 Å². The molecule has 0 aliphatic carbocycles. The Balaban J connectivity index is 0.000000137. The van der Waals surface area contributed by atoms with Gasteiger partial charge in [-0.15, -0.1) is 35.3 Å². The van der Waals surface area contributed by atoms with E-state index in [4.69, 9.17) is 4.74 Å². The van der Waals surface area contributed by atoms with Crippen molar-refractivity contribution in [1.82, 2.24) is 65.8 Å². The van der Waals surface area contributed by atoms with Crippen molar-refractivity contribution >= 4 is 109 Å². The van der Waals surface area contributed by atoms with Gasteiger partial charge in [0.25, 0.3) is 11.8 Å². The third-order valence-corrected chi connectivity index (χ3v) is 16.8. The molecule has 1 aliphatic heterocycles. The van der Waals surface area contributed by atoms with Crippen molar-refractivity contribution in [2.45, 2.75) is 71.0 Å². The van der Waals surface area contributed by atoms with Crippen LogP contribution < -0.4 is 26.0 Å². The molecule has 1 aliphatic rings. The highest BCUT2D eigenvalue weighted by atomic mass is 32.2. The molecule has 1 saturated heterocycles. The minimum atomic E-state index is -0.448. The van der Waals surface area contributed by atoms with E-state index >= 15 is 0 Å². The summed E-state index contributed by atoms with van der Waals surface area (Å²) in [6.07, 6.45) is 10.7. The van der Waals surface area contributed by atoms with Crippen molar-refractivity contribution in [3.8, 4) is 11.5 Å². The number of benzene rings is 6. The fourth-order valence-electron chi connectivity index (χ4n) is 9.01. The molecule has 0 saturated carbocycles. The van der Waals surface area contributed by atoms with Crippen molar-refractivity contribution in [2.24, 2.45) is 0 Å². The third-order valence-electron chi connectivity index (χ3n) is 13.6.